The predicted molar refractivity (Wildman–Crippen MR) is 86.8 cm³/mol. The molecule has 0 aliphatic carbocycles. The van der Waals surface area contributed by atoms with Gasteiger partial charge in [0.25, 0.3) is 0 Å². The Morgan fingerprint density at radius 2 is 1.81 bits per heavy atom. The van der Waals surface area contributed by atoms with Crippen LogP contribution in [0, 0.1) is 0 Å². The minimum atomic E-state index is -0.408. The lowest BCUT2D eigenvalue weighted by molar-refractivity contribution is -0.154. The standard InChI is InChI=1S/C17H26N2O2/c1-17(2,3)21-16(20)10-11-18-14-6-8-15(9-7-14)19-12-4-5-13-19/h6-9,18H,4-5,10-13H2,1-3H3. The van der Waals surface area contributed by atoms with Gasteiger partial charge in [-0.2, -0.15) is 0 Å². The summed E-state index contributed by atoms with van der Waals surface area (Å²) in [5.41, 5.74) is 1.92. The topological polar surface area (TPSA) is 41.6 Å². The normalized spacial score (nSPS) is 15.1. The van der Waals surface area contributed by atoms with Crippen molar-refractivity contribution >= 4 is 17.3 Å². The number of nitrogens with zero attached hydrogens (tertiary/aromatic N) is 1. The van der Waals surface area contributed by atoms with Crippen molar-refractivity contribution in [2.45, 2.75) is 45.6 Å². The number of benzene rings is 1. The molecule has 1 heterocycles. The first-order valence-electron chi connectivity index (χ1n) is 7.75. The van der Waals surface area contributed by atoms with Gasteiger partial charge in [-0.1, -0.05) is 0 Å². The summed E-state index contributed by atoms with van der Waals surface area (Å²) in [6.07, 6.45) is 2.96. The summed E-state index contributed by atoms with van der Waals surface area (Å²) in [7, 11) is 0. The van der Waals surface area contributed by atoms with Crippen LogP contribution in [0.4, 0.5) is 11.4 Å². The third-order valence-corrected chi connectivity index (χ3v) is 3.42. The van der Waals surface area contributed by atoms with E-state index < -0.39 is 5.60 Å². The van der Waals surface area contributed by atoms with Crippen molar-refractivity contribution in [1.29, 1.82) is 0 Å². The van der Waals surface area contributed by atoms with Crippen molar-refractivity contribution in [1.82, 2.24) is 0 Å². The SMILES string of the molecule is CC(C)(C)OC(=O)CCNc1ccc(N2CCCC2)cc1. The highest BCUT2D eigenvalue weighted by molar-refractivity contribution is 5.70. The second-order valence-corrected chi connectivity index (χ2v) is 6.50. The smallest absolute Gasteiger partial charge is 0.308 e. The zero-order valence-corrected chi connectivity index (χ0v) is 13.3. The molecular formula is C17H26N2O2. The molecule has 1 aliphatic rings. The van der Waals surface area contributed by atoms with E-state index in [-0.39, 0.29) is 5.97 Å². The average molecular weight is 290 g/mol. The molecule has 2 rings (SSSR count). The maximum absolute atomic E-state index is 11.6. The number of carbonyl (C=O) groups excluding carboxylic acids is 1. The molecule has 4 heteroatoms. The second kappa shape index (κ2) is 6.83. The fourth-order valence-corrected chi connectivity index (χ4v) is 2.47. The summed E-state index contributed by atoms with van der Waals surface area (Å²) in [5.74, 6) is -0.163. The Kier molecular flexibility index (Phi) is 5.10. The van der Waals surface area contributed by atoms with Gasteiger partial charge in [-0.05, 0) is 57.9 Å². The molecule has 21 heavy (non-hydrogen) atoms. The average Bonchev–Trinajstić information content (AvgIpc) is 2.91. The summed E-state index contributed by atoms with van der Waals surface area (Å²) in [6.45, 7) is 8.56. The molecule has 0 aromatic heterocycles. The van der Waals surface area contributed by atoms with Crippen molar-refractivity contribution in [3.8, 4) is 0 Å². The molecule has 1 fully saturated rings. The molecule has 1 N–H and O–H groups in total. The molecule has 0 unspecified atom stereocenters. The zero-order valence-electron chi connectivity index (χ0n) is 13.3. The van der Waals surface area contributed by atoms with Gasteiger partial charge in [0.2, 0.25) is 0 Å². The summed E-state index contributed by atoms with van der Waals surface area (Å²) in [5, 5.41) is 3.26. The molecule has 4 nitrogen and oxygen atoms in total. The van der Waals surface area contributed by atoms with E-state index in [0.29, 0.717) is 13.0 Å². The van der Waals surface area contributed by atoms with E-state index in [2.05, 4.69) is 34.5 Å². The first-order valence-corrected chi connectivity index (χ1v) is 7.75. The van der Waals surface area contributed by atoms with Crippen LogP contribution in [0.3, 0.4) is 0 Å². The van der Waals surface area contributed by atoms with Crippen LogP contribution >= 0.6 is 0 Å². The molecule has 0 spiro atoms. The first-order chi connectivity index (χ1) is 9.94. The molecule has 0 radical (unpaired) electrons. The van der Waals surface area contributed by atoms with Gasteiger partial charge in [0.05, 0.1) is 6.42 Å². The van der Waals surface area contributed by atoms with Gasteiger partial charge in [0, 0.05) is 31.0 Å². The van der Waals surface area contributed by atoms with Gasteiger partial charge >= 0.3 is 5.97 Å². The van der Waals surface area contributed by atoms with Crippen molar-refractivity contribution in [3.63, 3.8) is 0 Å². The van der Waals surface area contributed by atoms with Crippen molar-refractivity contribution in [2.75, 3.05) is 29.9 Å². The van der Waals surface area contributed by atoms with Crippen molar-refractivity contribution in [2.24, 2.45) is 0 Å². The van der Waals surface area contributed by atoms with Gasteiger partial charge in [-0.15, -0.1) is 0 Å². The lowest BCUT2D eigenvalue weighted by atomic mass is 10.2. The van der Waals surface area contributed by atoms with Crippen LogP contribution in [0.15, 0.2) is 24.3 Å². The Balaban J connectivity index is 1.75. The fourth-order valence-electron chi connectivity index (χ4n) is 2.47. The fraction of sp³-hybridized carbons (Fsp3) is 0.588. The van der Waals surface area contributed by atoms with Crippen LogP contribution in [0.1, 0.15) is 40.0 Å². The molecular weight excluding hydrogens is 264 g/mol. The molecule has 0 bridgehead atoms. The van der Waals surface area contributed by atoms with Crippen LogP contribution in [0.5, 0.6) is 0 Å². The molecule has 0 atom stereocenters. The van der Waals surface area contributed by atoms with Gasteiger partial charge < -0.3 is 15.0 Å². The van der Waals surface area contributed by atoms with Crippen LogP contribution < -0.4 is 10.2 Å². The molecule has 1 saturated heterocycles. The highest BCUT2D eigenvalue weighted by atomic mass is 16.6. The number of carbonyl (C=O) groups is 1. The Labute approximate surface area is 127 Å². The lowest BCUT2D eigenvalue weighted by Gasteiger charge is -2.20. The van der Waals surface area contributed by atoms with E-state index in [1.54, 1.807) is 0 Å². The first kappa shape index (κ1) is 15.7. The number of hydrogen-bond donors (Lipinski definition) is 1. The Morgan fingerprint density at radius 3 is 2.38 bits per heavy atom. The molecule has 1 aromatic rings. The van der Waals surface area contributed by atoms with Crippen LogP contribution in [-0.2, 0) is 9.53 Å². The Bertz CT molecular complexity index is 457. The van der Waals surface area contributed by atoms with E-state index in [1.165, 1.54) is 18.5 Å². The van der Waals surface area contributed by atoms with Crippen LogP contribution in [-0.4, -0.2) is 31.2 Å². The minimum Gasteiger partial charge on any atom is -0.460 e. The maximum Gasteiger partial charge on any atom is 0.308 e. The van der Waals surface area contributed by atoms with E-state index in [1.807, 2.05) is 20.8 Å². The van der Waals surface area contributed by atoms with Crippen molar-refractivity contribution in [3.05, 3.63) is 24.3 Å². The third kappa shape index (κ3) is 5.29. The summed E-state index contributed by atoms with van der Waals surface area (Å²) >= 11 is 0. The van der Waals surface area contributed by atoms with E-state index in [9.17, 15) is 4.79 Å². The quantitative estimate of drug-likeness (QED) is 0.844. The summed E-state index contributed by atoms with van der Waals surface area (Å²) in [4.78, 5) is 14.0. The maximum atomic E-state index is 11.6. The second-order valence-electron chi connectivity index (χ2n) is 6.50. The lowest BCUT2D eigenvalue weighted by Crippen LogP contribution is -2.25. The van der Waals surface area contributed by atoms with Gasteiger partial charge in [0.15, 0.2) is 0 Å². The number of nitrogens with one attached hydrogen (secondary N) is 1. The molecule has 1 aliphatic heterocycles. The number of esters is 1. The highest BCUT2D eigenvalue weighted by Crippen LogP contribution is 2.22. The largest absolute Gasteiger partial charge is 0.460 e. The van der Waals surface area contributed by atoms with Gasteiger partial charge in [-0.25, -0.2) is 0 Å². The van der Waals surface area contributed by atoms with Gasteiger partial charge in [0.1, 0.15) is 5.60 Å². The van der Waals surface area contributed by atoms with Crippen molar-refractivity contribution < 1.29 is 9.53 Å². The Hall–Kier alpha value is -1.71. The highest BCUT2D eigenvalue weighted by Gasteiger charge is 2.15. The van der Waals surface area contributed by atoms with E-state index in [0.717, 1.165) is 18.8 Å². The number of hydrogen-bond acceptors (Lipinski definition) is 4. The third-order valence-electron chi connectivity index (χ3n) is 3.42. The minimum absolute atomic E-state index is 0.163. The molecule has 0 amide bonds. The molecule has 1 aromatic carbocycles. The summed E-state index contributed by atoms with van der Waals surface area (Å²) in [6, 6.07) is 8.42. The monoisotopic (exact) mass is 290 g/mol. The number of ether oxygens (including phenoxy) is 1. The van der Waals surface area contributed by atoms with Crippen LogP contribution in [0.25, 0.3) is 0 Å². The number of anilines is 2. The molecule has 116 valence electrons. The number of rotatable bonds is 5. The predicted octanol–water partition coefficient (Wildman–Crippen LogP) is 3.43. The van der Waals surface area contributed by atoms with Gasteiger partial charge in [-0.3, -0.25) is 4.79 Å². The van der Waals surface area contributed by atoms with E-state index >= 15 is 0 Å². The molecule has 0 saturated carbocycles. The summed E-state index contributed by atoms with van der Waals surface area (Å²) < 4.78 is 5.28. The zero-order chi connectivity index (χ0) is 15.3. The van der Waals surface area contributed by atoms with E-state index in [4.69, 9.17) is 4.74 Å². The Morgan fingerprint density at radius 1 is 1.19 bits per heavy atom. The van der Waals surface area contributed by atoms with Crippen LogP contribution in [0.2, 0.25) is 0 Å².